The molecule has 1 N–H and O–H groups in total. The molecule has 0 radical (unpaired) electrons. The minimum absolute atomic E-state index is 0.159. The van der Waals surface area contributed by atoms with E-state index in [9.17, 15) is 10.1 Å². The lowest BCUT2D eigenvalue weighted by molar-refractivity contribution is -0.385. The SMILES string of the molecule is Cc1cc(NC(C)Cc2ccccc2)ccc1[N+](=O)[O-]. The molecule has 0 saturated carbocycles. The van der Waals surface area contributed by atoms with Gasteiger partial charge in [0.2, 0.25) is 0 Å². The number of nitrogens with zero attached hydrogens (tertiary/aromatic N) is 1. The zero-order valence-electron chi connectivity index (χ0n) is 11.7. The van der Waals surface area contributed by atoms with Crippen LogP contribution in [0.15, 0.2) is 48.5 Å². The summed E-state index contributed by atoms with van der Waals surface area (Å²) in [5.74, 6) is 0. The zero-order valence-corrected chi connectivity index (χ0v) is 11.7. The molecule has 0 aliphatic heterocycles. The van der Waals surface area contributed by atoms with Crippen molar-refractivity contribution in [3.05, 3.63) is 69.8 Å². The molecule has 0 aromatic heterocycles. The molecule has 0 saturated heterocycles. The van der Waals surface area contributed by atoms with Gasteiger partial charge in [-0.2, -0.15) is 0 Å². The predicted molar refractivity (Wildman–Crippen MR) is 81.1 cm³/mol. The van der Waals surface area contributed by atoms with Crippen LogP contribution in [0.3, 0.4) is 0 Å². The third-order valence-corrected chi connectivity index (χ3v) is 3.19. The third kappa shape index (κ3) is 3.57. The minimum atomic E-state index is -0.355. The summed E-state index contributed by atoms with van der Waals surface area (Å²) >= 11 is 0. The number of aryl methyl sites for hydroxylation is 1. The first-order valence-electron chi connectivity index (χ1n) is 6.62. The second kappa shape index (κ2) is 6.19. The van der Waals surface area contributed by atoms with E-state index in [0.717, 1.165) is 12.1 Å². The molecule has 1 atom stereocenters. The van der Waals surface area contributed by atoms with E-state index < -0.39 is 0 Å². The van der Waals surface area contributed by atoms with Gasteiger partial charge in [-0.25, -0.2) is 0 Å². The number of rotatable bonds is 5. The van der Waals surface area contributed by atoms with E-state index in [0.29, 0.717) is 5.56 Å². The Bertz CT molecular complexity index is 597. The average molecular weight is 270 g/mol. The largest absolute Gasteiger partial charge is 0.382 e. The van der Waals surface area contributed by atoms with Crippen LogP contribution in [0.2, 0.25) is 0 Å². The molecule has 2 aromatic rings. The van der Waals surface area contributed by atoms with Crippen molar-refractivity contribution in [1.29, 1.82) is 0 Å². The van der Waals surface area contributed by atoms with Crippen LogP contribution in [-0.4, -0.2) is 11.0 Å². The van der Waals surface area contributed by atoms with E-state index in [1.807, 2.05) is 24.3 Å². The summed E-state index contributed by atoms with van der Waals surface area (Å²) in [6.07, 6.45) is 0.914. The second-order valence-electron chi connectivity index (χ2n) is 4.99. The van der Waals surface area contributed by atoms with E-state index in [1.54, 1.807) is 19.1 Å². The maximum absolute atomic E-state index is 10.8. The van der Waals surface area contributed by atoms with Crippen molar-refractivity contribution in [1.82, 2.24) is 0 Å². The molecule has 0 bridgehead atoms. The Morgan fingerprint density at radius 2 is 1.90 bits per heavy atom. The van der Waals surface area contributed by atoms with Crippen LogP contribution in [-0.2, 0) is 6.42 Å². The van der Waals surface area contributed by atoms with Crippen molar-refractivity contribution >= 4 is 11.4 Å². The zero-order chi connectivity index (χ0) is 14.5. The highest BCUT2D eigenvalue weighted by Gasteiger charge is 2.11. The van der Waals surface area contributed by atoms with Gasteiger partial charge >= 0.3 is 0 Å². The number of hydrogen-bond donors (Lipinski definition) is 1. The highest BCUT2D eigenvalue weighted by molar-refractivity contribution is 5.54. The van der Waals surface area contributed by atoms with Crippen LogP contribution < -0.4 is 5.32 Å². The van der Waals surface area contributed by atoms with E-state index in [2.05, 4.69) is 24.4 Å². The van der Waals surface area contributed by atoms with Gasteiger partial charge in [-0.1, -0.05) is 30.3 Å². The van der Waals surface area contributed by atoms with Gasteiger partial charge in [-0.3, -0.25) is 10.1 Å². The van der Waals surface area contributed by atoms with Crippen LogP contribution in [0.4, 0.5) is 11.4 Å². The molecule has 4 nitrogen and oxygen atoms in total. The summed E-state index contributed by atoms with van der Waals surface area (Å²) in [5.41, 5.74) is 3.01. The maximum Gasteiger partial charge on any atom is 0.272 e. The molecular formula is C16H18N2O2. The average Bonchev–Trinajstić information content (AvgIpc) is 2.39. The van der Waals surface area contributed by atoms with Gasteiger partial charge in [0.05, 0.1) is 4.92 Å². The lowest BCUT2D eigenvalue weighted by atomic mass is 10.1. The molecule has 4 heteroatoms. The molecule has 2 aromatic carbocycles. The number of nitro groups is 1. The summed E-state index contributed by atoms with van der Waals surface area (Å²) in [4.78, 5) is 10.4. The fourth-order valence-corrected chi connectivity index (χ4v) is 2.25. The number of anilines is 1. The van der Waals surface area contributed by atoms with Crippen LogP contribution in [0.5, 0.6) is 0 Å². The summed E-state index contributed by atoms with van der Waals surface area (Å²) < 4.78 is 0. The third-order valence-electron chi connectivity index (χ3n) is 3.19. The normalized spacial score (nSPS) is 11.9. The van der Waals surface area contributed by atoms with E-state index in [-0.39, 0.29) is 16.7 Å². The molecule has 0 amide bonds. The van der Waals surface area contributed by atoms with Crippen molar-refractivity contribution in [3.63, 3.8) is 0 Å². The Labute approximate surface area is 118 Å². The molecule has 0 aliphatic rings. The van der Waals surface area contributed by atoms with E-state index >= 15 is 0 Å². The van der Waals surface area contributed by atoms with Crippen LogP contribution in [0.1, 0.15) is 18.1 Å². The fourth-order valence-electron chi connectivity index (χ4n) is 2.25. The Kier molecular flexibility index (Phi) is 4.35. The smallest absolute Gasteiger partial charge is 0.272 e. The van der Waals surface area contributed by atoms with Crippen LogP contribution >= 0.6 is 0 Å². The van der Waals surface area contributed by atoms with Gasteiger partial charge in [0, 0.05) is 23.4 Å². The Morgan fingerprint density at radius 1 is 1.20 bits per heavy atom. The molecule has 0 heterocycles. The number of nitro benzene ring substituents is 1. The Morgan fingerprint density at radius 3 is 2.50 bits per heavy atom. The first-order chi connectivity index (χ1) is 9.56. The van der Waals surface area contributed by atoms with Gasteiger partial charge in [0.15, 0.2) is 0 Å². The molecule has 20 heavy (non-hydrogen) atoms. The summed E-state index contributed by atoms with van der Waals surface area (Å²) in [7, 11) is 0. The van der Waals surface area contributed by atoms with Crippen molar-refractivity contribution in [3.8, 4) is 0 Å². The van der Waals surface area contributed by atoms with Gasteiger partial charge in [-0.15, -0.1) is 0 Å². The van der Waals surface area contributed by atoms with Gasteiger partial charge in [-0.05, 0) is 38.0 Å². The van der Waals surface area contributed by atoms with Crippen LogP contribution in [0, 0.1) is 17.0 Å². The highest BCUT2D eigenvalue weighted by atomic mass is 16.6. The van der Waals surface area contributed by atoms with Crippen molar-refractivity contribution in [2.24, 2.45) is 0 Å². The van der Waals surface area contributed by atoms with E-state index in [1.165, 1.54) is 5.56 Å². The van der Waals surface area contributed by atoms with Crippen molar-refractivity contribution in [2.75, 3.05) is 5.32 Å². The summed E-state index contributed by atoms with van der Waals surface area (Å²) in [5, 5.41) is 14.2. The molecule has 1 unspecified atom stereocenters. The monoisotopic (exact) mass is 270 g/mol. The fraction of sp³-hybridized carbons (Fsp3) is 0.250. The molecule has 104 valence electrons. The first kappa shape index (κ1) is 14.1. The lowest BCUT2D eigenvalue weighted by Gasteiger charge is -2.15. The van der Waals surface area contributed by atoms with Gasteiger partial charge in [0.1, 0.15) is 0 Å². The van der Waals surface area contributed by atoms with Gasteiger partial charge < -0.3 is 5.32 Å². The molecule has 2 rings (SSSR count). The number of hydrogen-bond acceptors (Lipinski definition) is 3. The standard InChI is InChI=1S/C16H18N2O2/c1-12-10-15(8-9-16(12)18(19)20)17-13(2)11-14-6-4-3-5-7-14/h3-10,13,17H,11H2,1-2H3. The quantitative estimate of drug-likeness (QED) is 0.661. The first-order valence-corrected chi connectivity index (χ1v) is 6.62. The molecule has 0 spiro atoms. The Balaban J connectivity index is 2.03. The van der Waals surface area contributed by atoms with Crippen molar-refractivity contribution in [2.45, 2.75) is 26.3 Å². The Hall–Kier alpha value is -2.36. The van der Waals surface area contributed by atoms with Crippen LogP contribution in [0.25, 0.3) is 0 Å². The maximum atomic E-state index is 10.8. The predicted octanol–water partition coefficient (Wildman–Crippen LogP) is 3.95. The molecule has 0 fully saturated rings. The highest BCUT2D eigenvalue weighted by Crippen LogP contribution is 2.22. The van der Waals surface area contributed by atoms with E-state index in [4.69, 9.17) is 0 Å². The summed E-state index contributed by atoms with van der Waals surface area (Å²) in [6.45, 7) is 3.86. The lowest BCUT2D eigenvalue weighted by Crippen LogP contribution is -2.18. The van der Waals surface area contributed by atoms with Crippen molar-refractivity contribution < 1.29 is 4.92 Å². The summed E-state index contributed by atoms with van der Waals surface area (Å²) in [6, 6.07) is 15.6. The molecular weight excluding hydrogens is 252 g/mol. The number of nitrogens with one attached hydrogen (secondary N) is 1. The second-order valence-corrected chi connectivity index (χ2v) is 4.99. The molecule has 0 aliphatic carbocycles. The topological polar surface area (TPSA) is 55.2 Å². The van der Waals surface area contributed by atoms with Gasteiger partial charge in [0.25, 0.3) is 5.69 Å². The number of benzene rings is 2. The minimum Gasteiger partial charge on any atom is -0.382 e.